The largest absolute Gasteiger partial charge is 0.437 e. The number of hydrogen-bond acceptors (Lipinski definition) is 9. The SMILES string of the molecule is [2H]C[C@H]1O[C@@H](n2cnc3c(Oc4ccccc4)ncnc32)CC1OP(OCCC#N)N(C(C)C)C(C)C. The first-order valence-electron chi connectivity index (χ1n) is 12.7. The van der Waals surface area contributed by atoms with Crippen molar-refractivity contribution in [3.63, 3.8) is 0 Å². The molecular weight excluding hydrogens is 479 g/mol. The van der Waals surface area contributed by atoms with Crippen LogP contribution in [0.3, 0.4) is 0 Å². The Labute approximate surface area is 214 Å². The molecule has 0 amide bonds. The van der Waals surface area contributed by atoms with Gasteiger partial charge in [0, 0.05) is 19.9 Å². The second kappa shape index (κ2) is 12.0. The van der Waals surface area contributed by atoms with Gasteiger partial charge in [-0.25, -0.2) is 14.6 Å². The topological polar surface area (TPSA) is 108 Å². The summed E-state index contributed by atoms with van der Waals surface area (Å²) in [5.74, 6) is 1.01. The number of benzene rings is 1. The molecule has 0 aliphatic carbocycles. The van der Waals surface area contributed by atoms with Crippen LogP contribution in [0.15, 0.2) is 43.0 Å². The zero-order chi connectivity index (χ0) is 26.4. The molecule has 3 aromatic rings. The van der Waals surface area contributed by atoms with Gasteiger partial charge in [0.2, 0.25) is 0 Å². The number of aromatic nitrogens is 4. The van der Waals surface area contributed by atoms with Gasteiger partial charge in [0.15, 0.2) is 11.2 Å². The molecule has 1 fully saturated rings. The summed E-state index contributed by atoms with van der Waals surface area (Å²) in [6.45, 7) is 8.69. The molecule has 0 radical (unpaired) electrons. The second-order valence-corrected chi connectivity index (χ2v) is 10.4. The van der Waals surface area contributed by atoms with Crippen LogP contribution in [0, 0.1) is 11.3 Å². The normalized spacial score (nSPS) is 21.3. The molecule has 1 aliphatic rings. The molecule has 1 aliphatic heterocycles. The summed E-state index contributed by atoms with van der Waals surface area (Å²) in [7, 11) is -1.45. The molecule has 1 aromatic carbocycles. The molecule has 0 bridgehead atoms. The Balaban J connectivity index is 1.55. The Morgan fingerprint density at radius 3 is 2.69 bits per heavy atom. The summed E-state index contributed by atoms with van der Waals surface area (Å²) < 4.78 is 36.9. The summed E-state index contributed by atoms with van der Waals surface area (Å²) in [6, 6.07) is 11.9. The number of nitrogens with zero attached hydrogens (tertiary/aromatic N) is 6. The molecule has 2 aromatic heterocycles. The molecule has 0 saturated carbocycles. The lowest BCUT2D eigenvalue weighted by Gasteiger charge is -2.37. The van der Waals surface area contributed by atoms with Gasteiger partial charge in [0.25, 0.3) is 14.4 Å². The number of hydrogen-bond donors (Lipinski definition) is 0. The van der Waals surface area contributed by atoms with E-state index in [1.54, 1.807) is 6.33 Å². The van der Waals surface area contributed by atoms with Crippen LogP contribution in [0.4, 0.5) is 0 Å². The van der Waals surface area contributed by atoms with E-state index in [2.05, 4.69) is 53.4 Å². The van der Waals surface area contributed by atoms with Gasteiger partial charge in [-0.15, -0.1) is 0 Å². The standard InChI is InChI=1S/C25H33N6O4P/c1-17(2)31(18(3)4)36(32-13-9-12-26)35-21-14-22(33-19(21)5)30-16-29-23-24(30)27-15-28-25(23)34-20-10-7-6-8-11-20/h6-8,10-11,15-19,21-22H,9,13-14H2,1-5H3/t19-,21?,22-,36?/m1/s1/i5D. The third kappa shape index (κ3) is 6.00. The minimum atomic E-state index is -1.45. The molecule has 10 nitrogen and oxygen atoms in total. The highest BCUT2D eigenvalue weighted by molar-refractivity contribution is 7.44. The summed E-state index contributed by atoms with van der Waals surface area (Å²) in [5, 5.41) is 8.98. The lowest BCUT2D eigenvalue weighted by atomic mass is 10.2. The molecule has 4 atom stereocenters. The smallest absolute Gasteiger partial charge is 0.259 e. The maximum atomic E-state index is 8.98. The van der Waals surface area contributed by atoms with Gasteiger partial charge in [-0.1, -0.05) is 18.2 Å². The van der Waals surface area contributed by atoms with Gasteiger partial charge in [0.05, 0.1) is 37.6 Å². The first kappa shape index (κ1) is 25.0. The van der Waals surface area contributed by atoms with E-state index in [0.717, 1.165) is 0 Å². The first-order valence-corrected chi connectivity index (χ1v) is 13.2. The number of fused-ring (bicyclic) bond motifs is 1. The van der Waals surface area contributed by atoms with E-state index in [0.29, 0.717) is 29.2 Å². The van der Waals surface area contributed by atoms with Crippen molar-refractivity contribution in [3.05, 3.63) is 43.0 Å². The fraction of sp³-hybridized carbons (Fsp3) is 0.520. The third-order valence-corrected chi connectivity index (χ3v) is 7.82. The van der Waals surface area contributed by atoms with Crippen molar-refractivity contribution < 1.29 is 19.9 Å². The molecule has 1 saturated heterocycles. The Morgan fingerprint density at radius 1 is 1.22 bits per heavy atom. The van der Waals surface area contributed by atoms with Crippen LogP contribution in [-0.2, 0) is 13.8 Å². The number of ether oxygens (including phenoxy) is 2. The predicted octanol–water partition coefficient (Wildman–Crippen LogP) is 5.59. The van der Waals surface area contributed by atoms with Crippen LogP contribution in [-0.4, -0.2) is 55.1 Å². The van der Waals surface area contributed by atoms with E-state index in [4.69, 9.17) is 25.2 Å². The van der Waals surface area contributed by atoms with E-state index in [-0.39, 0.29) is 38.1 Å². The highest BCUT2D eigenvalue weighted by Gasteiger charge is 2.39. The third-order valence-electron chi connectivity index (χ3n) is 5.66. The van der Waals surface area contributed by atoms with Gasteiger partial charge < -0.3 is 18.5 Å². The van der Waals surface area contributed by atoms with Crippen molar-refractivity contribution in [2.45, 2.75) is 78.0 Å². The fourth-order valence-corrected chi connectivity index (χ4v) is 5.87. The van der Waals surface area contributed by atoms with Gasteiger partial charge in [-0.3, -0.25) is 4.57 Å². The number of nitriles is 1. The van der Waals surface area contributed by atoms with Gasteiger partial charge >= 0.3 is 0 Å². The Hall–Kier alpha value is -2.67. The van der Waals surface area contributed by atoms with Crippen LogP contribution in [0.5, 0.6) is 11.6 Å². The number of para-hydroxylation sites is 1. The van der Waals surface area contributed by atoms with Crippen molar-refractivity contribution in [1.82, 2.24) is 24.2 Å². The summed E-state index contributed by atoms with van der Waals surface area (Å²) in [6.07, 6.45) is 2.64. The summed E-state index contributed by atoms with van der Waals surface area (Å²) in [4.78, 5) is 13.2. The lowest BCUT2D eigenvalue weighted by molar-refractivity contribution is -0.00494. The van der Waals surface area contributed by atoms with Crippen LogP contribution in [0.2, 0.25) is 0 Å². The van der Waals surface area contributed by atoms with Crippen molar-refractivity contribution in [1.29, 1.82) is 5.26 Å². The maximum absolute atomic E-state index is 8.98. The summed E-state index contributed by atoms with van der Waals surface area (Å²) >= 11 is 0. The van der Waals surface area contributed by atoms with E-state index >= 15 is 0 Å². The minimum absolute atomic E-state index is 0.0376. The average Bonchev–Trinajstić information content (AvgIpc) is 3.49. The Morgan fingerprint density at radius 2 is 2.00 bits per heavy atom. The van der Waals surface area contributed by atoms with E-state index in [9.17, 15) is 0 Å². The zero-order valence-electron chi connectivity index (χ0n) is 22.0. The van der Waals surface area contributed by atoms with Gasteiger partial charge in [-0.2, -0.15) is 10.2 Å². The van der Waals surface area contributed by atoms with E-state index in [1.807, 2.05) is 34.9 Å². The van der Waals surface area contributed by atoms with Crippen molar-refractivity contribution >= 4 is 19.7 Å². The van der Waals surface area contributed by atoms with Crippen LogP contribution in [0.1, 0.15) is 55.0 Å². The fourth-order valence-electron chi connectivity index (χ4n) is 4.11. The zero-order valence-corrected chi connectivity index (χ0v) is 21.9. The summed E-state index contributed by atoms with van der Waals surface area (Å²) in [5.41, 5.74) is 1.10. The first-order chi connectivity index (χ1) is 17.9. The molecule has 0 N–H and O–H groups in total. The molecule has 192 valence electrons. The van der Waals surface area contributed by atoms with Crippen LogP contribution in [0.25, 0.3) is 11.2 Å². The molecule has 2 unspecified atom stereocenters. The molecule has 11 heteroatoms. The van der Waals surface area contributed by atoms with Gasteiger partial charge in [-0.05, 0) is 46.7 Å². The molecule has 36 heavy (non-hydrogen) atoms. The number of imidazole rings is 1. The maximum Gasteiger partial charge on any atom is 0.259 e. The quantitative estimate of drug-likeness (QED) is 0.240. The minimum Gasteiger partial charge on any atom is -0.437 e. The van der Waals surface area contributed by atoms with Crippen molar-refractivity contribution in [3.8, 4) is 17.7 Å². The molecule has 0 spiro atoms. The highest BCUT2D eigenvalue weighted by atomic mass is 31.2. The Kier molecular flexibility index (Phi) is 8.36. The van der Waals surface area contributed by atoms with Gasteiger partial charge in [0.1, 0.15) is 18.3 Å². The second-order valence-electron chi connectivity index (χ2n) is 8.97. The van der Waals surface area contributed by atoms with Crippen LogP contribution < -0.4 is 4.74 Å². The lowest BCUT2D eigenvalue weighted by Crippen LogP contribution is -2.35. The monoisotopic (exact) mass is 513 g/mol. The van der Waals surface area contributed by atoms with E-state index < -0.39 is 20.9 Å². The number of rotatable bonds is 11. The van der Waals surface area contributed by atoms with Crippen LogP contribution >= 0.6 is 8.53 Å². The Bertz CT molecular complexity index is 1180. The van der Waals surface area contributed by atoms with E-state index in [1.165, 1.54) is 6.33 Å². The average molecular weight is 514 g/mol. The van der Waals surface area contributed by atoms with Crippen molar-refractivity contribution in [2.24, 2.45) is 0 Å². The molecule has 4 rings (SSSR count). The van der Waals surface area contributed by atoms with Crippen molar-refractivity contribution in [2.75, 3.05) is 6.61 Å². The molecule has 3 heterocycles. The predicted molar refractivity (Wildman–Crippen MR) is 136 cm³/mol. The highest BCUT2D eigenvalue weighted by Crippen LogP contribution is 2.50. The molecular formula is C25H33N6O4P.